The molecule has 3 aromatic carbocycles. The van der Waals surface area contributed by atoms with Crippen molar-refractivity contribution < 1.29 is 31.5 Å². The summed E-state index contributed by atoms with van der Waals surface area (Å²) in [5, 5.41) is 0. The number of carbonyl (C=O) groups excluding carboxylic acids is 1. The van der Waals surface area contributed by atoms with Crippen LogP contribution in [0.3, 0.4) is 0 Å². The highest BCUT2D eigenvalue weighted by atomic mass is 19.4. The number of Topliss-reactive ketones (excluding diaryl/α,β-unsaturated/α-hetero) is 1. The molecular formula is C26H19F5N2O2. The van der Waals surface area contributed by atoms with E-state index in [0.717, 1.165) is 16.6 Å². The number of carbonyl (C=O) groups is 1. The van der Waals surface area contributed by atoms with Crippen LogP contribution in [0.2, 0.25) is 0 Å². The van der Waals surface area contributed by atoms with Crippen LogP contribution in [0.1, 0.15) is 28.7 Å². The molecule has 0 aliphatic rings. The van der Waals surface area contributed by atoms with Gasteiger partial charge in [0.2, 0.25) is 0 Å². The van der Waals surface area contributed by atoms with Gasteiger partial charge < -0.3 is 9.72 Å². The number of hydrogen-bond acceptors (Lipinski definition) is 3. The van der Waals surface area contributed by atoms with Crippen LogP contribution >= 0.6 is 0 Å². The van der Waals surface area contributed by atoms with E-state index >= 15 is 0 Å². The second-order valence-corrected chi connectivity index (χ2v) is 7.85. The molecule has 0 amide bonds. The van der Waals surface area contributed by atoms with Crippen LogP contribution in [-0.4, -0.2) is 34.5 Å². The van der Waals surface area contributed by atoms with E-state index < -0.39 is 18.7 Å². The maximum atomic E-state index is 13.0. The van der Waals surface area contributed by atoms with Gasteiger partial charge in [-0.3, -0.25) is 4.79 Å². The summed E-state index contributed by atoms with van der Waals surface area (Å²) in [5.41, 5.74) is 4.46. The molecule has 4 nitrogen and oxygen atoms in total. The molecule has 9 heteroatoms. The Morgan fingerprint density at radius 1 is 0.971 bits per heavy atom. The fraction of sp³-hybridized carbons (Fsp3) is 0.154. The summed E-state index contributed by atoms with van der Waals surface area (Å²) in [6.45, 7) is -0.269. The molecule has 4 aromatic rings. The van der Waals surface area contributed by atoms with Gasteiger partial charge in [-0.25, -0.2) is 4.98 Å². The number of aromatic nitrogens is 2. The third kappa shape index (κ3) is 5.40. The Morgan fingerprint density at radius 3 is 2.37 bits per heavy atom. The first-order valence-corrected chi connectivity index (χ1v) is 10.5. The molecule has 0 aliphatic carbocycles. The van der Waals surface area contributed by atoms with Crippen molar-refractivity contribution in [1.29, 1.82) is 0 Å². The number of rotatable bonds is 7. The zero-order valence-corrected chi connectivity index (χ0v) is 18.4. The van der Waals surface area contributed by atoms with Crippen molar-refractivity contribution in [3.8, 4) is 16.9 Å². The number of ether oxygens (including phenoxy) is 1. The van der Waals surface area contributed by atoms with Crippen LogP contribution in [0.15, 0.2) is 66.7 Å². The lowest BCUT2D eigenvalue weighted by molar-refractivity contribution is -0.290. The summed E-state index contributed by atoms with van der Waals surface area (Å²) in [6.07, 6.45) is -2.26. The lowest BCUT2D eigenvalue weighted by Crippen LogP contribution is -2.41. The SMILES string of the molecule is CC(=O)c1ccccc1-c1ccc2[nH]c(C=Cc3ccc(OCC(F)(F)C(F)(F)F)cc3)nc2c1. The number of halogens is 5. The van der Waals surface area contributed by atoms with Crippen LogP contribution in [0.5, 0.6) is 5.75 Å². The topological polar surface area (TPSA) is 55.0 Å². The summed E-state index contributed by atoms with van der Waals surface area (Å²) in [5.74, 6) is -4.51. The molecule has 0 unspecified atom stereocenters. The molecule has 0 saturated heterocycles. The summed E-state index contributed by atoms with van der Waals surface area (Å²) < 4.78 is 67.3. The van der Waals surface area contributed by atoms with E-state index in [4.69, 9.17) is 0 Å². The average molecular weight is 486 g/mol. The molecule has 1 N–H and O–H groups in total. The number of nitrogens with one attached hydrogen (secondary N) is 1. The van der Waals surface area contributed by atoms with Crippen LogP contribution in [-0.2, 0) is 0 Å². The summed E-state index contributed by atoms with van der Waals surface area (Å²) >= 11 is 0. The Kier molecular flexibility index (Phi) is 6.43. The largest absolute Gasteiger partial charge is 0.487 e. The summed E-state index contributed by atoms with van der Waals surface area (Å²) in [4.78, 5) is 19.7. The van der Waals surface area contributed by atoms with Crippen molar-refractivity contribution >= 4 is 29.0 Å². The summed E-state index contributed by atoms with van der Waals surface area (Å²) in [6, 6.07) is 18.7. The Balaban J connectivity index is 1.48. The number of benzene rings is 3. The van der Waals surface area contributed by atoms with Gasteiger partial charge in [0.1, 0.15) is 11.6 Å². The Bertz CT molecular complexity index is 1390. The molecule has 0 aliphatic heterocycles. The standard InChI is InChI=1S/C26H19F5N2O2/c1-16(34)20-4-2-3-5-21(20)18-9-12-22-23(14-18)33-24(32-22)13-8-17-6-10-19(11-7-17)35-15-25(27,28)26(29,30)31/h2-14H,15H2,1H3,(H,32,33). The van der Waals surface area contributed by atoms with Crippen molar-refractivity contribution in [3.63, 3.8) is 0 Å². The number of H-pyrrole nitrogens is 1. The molecular weight excluding hydrogens is 467 g/mol. The molecule has 0 bridgehead atoms. The van der Waals surface area contributed by atoms with E-state index in [2.05, 4.69) is 14.7 Å². The highest BCUT2D eigenvalue weighted by Gasteiger charge is 2.58. The number of alkyl halides is 5. The van der Waals surface area contributed by atoms with Crippen molar-refractivity contribution in [2.75, 3.05) is 6.61 Å². The van der Waals surface area contributed by atoms with Crippen LogP contribution < -0.4 is 4.74 Å². The van der Waals surface area contributed by atoms with Crippen molar-refractivity contribution in [3.05, 3.63) is 83.7 Å². The van der Waals surface area contributed by atoms with Gasteiger partial charge in [0, 0.05) is 5.56 Å². The normalized spacial score (nSPS) is 12.4. The fourth-order valence-corrected chi connectivity index (χ4v) is 3.42. The van der Waals surface area contributed by atoms with E-state index in [9.17, 15) is 26.7 Å². The van der Waals surface area contributed by atoms with Gasteiger partial charge in [0.25, 0.3) is 0 Å². The molecule has 0 spiro atoms. The first-order valence-electron chi connectivity index (χ1n) is 10.5. The van der Waals surface area contributed by atoms with Crippen molar-refractivity contribution in [2.24, 2.45) is 0 Å². The molecule has 0 radical (unpaired) electrons. The van der Waals surface area contributed by atoms with Crippen LogP contribution in [0.4, 0.5) is 22.0 Å². The predicted octanol–water partition coefficient (Wildman–Crippen LogP) is 7.18. The minimum Gasteiger partial charge on any atom is -0.487 e. The smallest absolute Gasteiger partial charge is 0.456 e. The second kappa shape index (κ2) is 9.32. The maximum Gasteiger partial charge on any atom is 0.456 e. The molecule has 1 aromatic heterocycles. The third-order valence-electron chi connectivity index (χ3n) is 5.27. The van der Waals surface area contributed by atoms with Gasteiger partial charge in [-0.2, -0.15) is 22.0 Å². The van der Waals surface area contributed by atoms with E-state index in [1.165, 1.54) is 31.2 Å². The van der Waals surface area contributed by atoms with Gasteiger partial charge in [-0.1, -0.05) is 48.5 Å². The van der Waals surface area contributed by atoms with Crippen molar-refractivity contribution in [2.45, 2.75) is 19.0 Å². The maximum absolute atomic E-state index is 13.0. The minimum absolute atomic E-state index is 0.0307. The van der Waals surface area contributed by atoms with E-state index in [1.54, 1.807) is 18.2 Å². The lowest BCUT2D eigenvalue weighted by atomic mass is 9.97. The molecule has 1 heterocycles. The molecule has 0 fully saturated rings. The van der Waals surface area contributed by atoms with Gasteiger partial charge in [-0.05, 0) is 54.0 Å². The number of ketones is 1. The molecule has 4 rings (SSSR count). The first-order chi connectivity index (χ1) is 16.5. The van der Waals surface area contributed by atoms with Gasteiger partial charge in [-0.15, -0.1) is 0 Å². The second-order valence-electron chi connectivity index (χ2n) is 7.85. The highest BCUT2D eigenvalue weighted by molar-refractivity contribution is 6.01. The quantitative estimate of drug-likeness (QED) is 0.222. The Labute approximate surface area is 197 Å². The minimum atomic E-state index is -5.67. The number of aromatic amines is 1. The van der Waals surface area contributed by atoms with E-state index in [0.29, 0.717) is 22.5 Å². The monoisotopic (exact) mass is 486 g/mol. The number of imidazole rings is 1. The summed E-state index contributed by atoms with van der Waals surface area (Å²) in [7, 11) is 0. The van der Waals surface area contributed by atoms with Gasteiger partial charge in [0.05, 0.1) is 11.0 Å². The van der Waals surface area contributed by atoms with Gasteiger partial charge in [0.15, 0.2) is 12.4 Å². The molecule has 0 atom stereocenters. The molecule has 0 saturated carbocycles. The fourth-order valence-electron chi connectivity index (χ4n) is 3.42. The highest BCUT2D eigenvalue weighted by Crippen LogP contribution is 2.35. The third-order valence-corrected chi connectivity index (χ3v) is 5.27. The Hall–Kier alpha value is -4.01. The van der Waals surface area contributed by atoms with E-state index in [1.807, 2.05) is 36.4 Å². The lowest BCUT2D eigenvalue weighted by Gasteiger charge is -2.19. The number of hydrogen-bond donors (Lipinski definition) is 1. The zero-order valence-electron chi connectivity index (χ0n) is 18.4. The van der Waals surface area contributed by atoms with Crippen LogP contribution in [0.25, 0.3) is 34.3 Å². The Morgan fingerprint density at radius 2 is 1.69 bits per heavy atom. The molecule has 35 heavy (non-hydrogen) atoms. The van der Waals surface area contributed by atoms with Gasteiger partial charge >= 0.3 is 12.1 Å². The van der Waals surface area contributed by atoms with Crippen LogP contribution in [0, 0.1) is 0 Å². The number of fused-ring (bicyclic) bond motifs is 1. The first kappa shape index (κ1) is 24.1. The average Bonchev–Trinajstić information content (AvgIpc) is 3.23. The van der Waals surface area contributed by atoms with E-state index in [-0.39, 0.29) is 11.5 Å². The number of nitrogens with zero attached hydrogens (tertiary/aromatic N) is 1. The predicted molar refractivity (Wildman–Crippen MR) is 123 cm³/mol. The van der Waals surface area contributed by atoms with Crippen molar-refractivity contribution in [1.82, 2.24) is 9.97 Å². The molecule has 180 valence electrons. The zero-order chi connectivity index (χ0) is 25.2.